The van der Waals surface area contributed by atoms with Crippen molar-refractivity contribution < 1.29 is 13.5 Å². The molecule has 0 saturated carbocycles. The summed E-state index contributed by atoms with van der Waals surface area (Å²) in [4.78, 5) is 1.24. The monoisotopic (exact) mass is 318 g/mol. The number of halogens is 3. The zero-order chi connectivity index (χ0) is 13.1. The van der Waals surface area contributed by atoms with E-state index < -0.39 is 17.4 Å². The van der Waals surface area contributed by atoms with Gasteiger partial charge in [-0.3, -0.25) is 0 Å². The smallest absolute Gasteiger partial charge is 0.212 e. The molecule has 0 aliphatic rings. The van der Waals surface area contributed by atoms with Crippen LogP contribution in [0.3, 0.4) is 0 Å². The number of aromatic nitrogens is 4. The molecule has 0 bridgehead atoms. The van der Waals surface area contributed by atoms with Crippen molar-refractivity contribution in [3.8, 4) is 5.75 Å². The summed E-state index contributed by atoms with van der Waals surface area (Å²) < 4.78 is 32.1. The van der Waals surface area contributed by atoms with Gasteiger partial charge in [-0.15, -0.1) is 10.2 Å². The fourth-order valence-corrected chi connectivity index (χ4v) is 1.67. The Morgan fingerprint density at radius 2 is 2.00 bits per heavy atom. The first-order valence-electron chi connectivity index (χ1n) is 4.99. The van der Waals surface area contributed by atoms with Gasteiger partial charge in [-0.1, -0.05) is 15.9 Å². The fraction of sp³-hybridized carbons (Fsp3) is 0.300. The van der Waals surface area contributed by atoms with E-state index in [-0.39, 0.29) is 12.4 Å². The molecule has 0 aliphatic heterocycles. The van der Waals surface area contributed by atoms with Gasteiger partial charge in [0.15, 0.2) is 24.0 Å². The van der Waals surface area contributed by atoms with Gasteiger partial charge in [-0.05, 0) is 22.9 Å². The molecule has 5 nitrogen and oxygen atoms in total. The number of hydrogen-bond acceptors (Lipinski definition) is 4. The summed E-state index contributed by atoms with van der Waals surface area (Å²) in [5.41, 5.74) is 0.495. The summed E-state index contributed by atoms with van der Waals surface area (Å²) >= 11 is 3.12. The Morgan fingerprint density at radius 3 is 2.50 bits per heavy atom. The van der Waals surface area contributed by atoms with Crippen LogP contribution in [-0.2, 0) is 19.0 Å². The van der Waals surface area contributed by atoms with Crippen molar-refractivity contribution in [3.05, 3.63) is 35.2 Å². The van der Waals surface area contributed by atoms with Gasteiger partial charge in [0.05, 0.1) is 7.05 Å². The summed E-state index contributed by atoms with van der Waals surface area (Å²) in [5, 5.41) is 11.4. The minimum Gasteiger partial charge on any atom is -0.479 e. The van der Waals surface area contributed by atoms with Crippen LogP contribution < -0.4 is 4.74 Å². The van der Waals surface area contributed by atoms with Crippen LogP contribution in [0, 0.1) is 11.6 Å². The maximum atomic E-state index is 13.6. The third-order valence-corrected chi connectivity index (χ3v) is 2.76. The quantitative estimate of drug-likeness (QED) is 0.809. The molecule has 1 aromatic carbocycles. The van der Waals surface area contributed by atoms with Crippen molar-refractivity contribution in [3.63, 3.8) is 0 Å². The molecule has 18 heavy (non-hydrogen) atoms. The van der Waals surface area contributed by atoms with E-state index in [0.29, 0.717) is 10.9 Å². The number of alkyl halides is 1. The summed E-state index contributed by atoms with van der Waals surface area (Å²) in [6.07, 6.45) is 0. The van der Waals surface area contributed by atoms with Gasteiger partial charge in [-0.2, -0.15) is 4.80 Å². The Balaban J connectivity index is 2.14. The first-order valence-corrected chi connectivity index (χ1v) is 6.12. The highest BCUT2D eigenvalue weighted by molar-refractivity contribution is 9.08. The van der Waals surface area contributed by atoms with Gasteiger partial charge < -0.3 is 4.74 Å². The number of rotatable bonds is 4. The Labute approximate surface area is 110 Å². The Bertz CT molecular complexity index is 538. The summed E-state index contributed by atoms with van der Waals surface area (Å²) in [5.74, 6) is -1.70. The SMILES string of the molecule is Cn1nnc(COc2c(F)cc(CBr)cc2F)n1. The number of hydrogen-bond donors (Lipinski definition) is 0. The van der Waals surface area contributed by atoms with Crippen LogP contribution in [-0.4, -0.2) is 20.2 Å². The molecule has 0 saturated heterocycles. The van der Waals surface area contributed by atoms with Gasteiger partial charge in [0.25, 0.3) is 0 Å². The van der Waals surface area contributed by atoms with Crippen LogP contribution in [0.15, 0.2) is 12.1 Å². The molecular weight excluding hydrogens is 310 g/mol. The molecule has 96 valence electrons. The van der Waals surface area contributed by atoms with Crippen molar-refractivity contribution in [2.24, 2.45) is 7.05 Å². The number of benzene rings is 1. The predicted octanol–water partition coefficient (Wildman–Crippen LogP) is 1.96. The van der Waals surface area contributed by atoms with Crippen LogP contribution in [0.2, 0.25) is 0 Å². The van der Waals surface area contributed by atoms with E-state index in [1.165, 1.54) is 16.9 Å². The molecule has 0 atom stereocenters. The Hall–Kier alpha value is -1.57. The van der Waals surface area contributed by atoms with E-state index in [9.17, 15) is 8.78 Å². The summed E-state index contributed by atoms with van der Waals surface area (Å²) in [7, 11) is 1.59. The van der Waals surface area contributed by atoms with Gasteiger partial charge in [0.2, 0.25) is 5.82 Å². The molecule has 0 N–H and O–H groups in total. The van der Waals surface area contributed by atoms with Gasteiger partial charge in [0, 0.05) is 5.33 Å². The van der Waals surface area contributed by atoms with E-state index >= 15 is 0 Å². The van der Waals surface area contributed by atoms with Gasteiger partial charge in [0.1, 0.15) is 0 Å². The maximum Gasteiger partial charge on any atom is 0.212 e. The van der Waals surface area contributed by atoms with Crippen LogP contribution >= 0.6 is 15.9 Å². The second-order valence-corrected chi connectivity index (χ2v) is 4.07. The molecule has 0 unspecified atom stereocenters. The number of ether oxygens (including phenoxy) is 1. The lowest BCUT2D eigenvalue weighted by Gasteiger charge is -2.07. The molecule has 0 radical (unpaired) electrons. The summed E-state index contributed by atoms with van der Waals surface area (Å²) in [6.45, 7) is -0.144. The van der Waals surface area contributed by atoms with Crippen LogP contribution in [0.25, 0.3) is 0 Å². The highest BCUT2D eigenvalue weighted by Crippen LogP contribution is 2.24. The minimum atomic E-state index is -0.756. The average Bonchev–Trinajstić information content (AvgIpc) is 2.73. The maximum absolute atomic E-state index is 13.6. The molecule has 0 amide bonds. The minimum absolute atomic E-state index is 0.144. The second kappa shape index (κ2) is 5.38. The van der Waals surface area contributed by atoms with Crippen molar-refractivity contribution in [1.82, 2.24) is 20.2 Å². The Morgan fingerprint density at radius 1 is 1.33 bits per heavy atom. The molecule has 0 fully saturated rings. The lowest BCUT2D eigenvalue weighted by molar-refractivity contribution is 0.265. The van der Waals surface area contributed by atoms with Gasteiger partial charge >= 0.3 is 0 Å². The molecule has 8 heteroatoms. The highest BCUT2D eigenvalue weighted by atomic mass is 79.9. The van der Waals surface area contributed by atoms with Crippen molar-refractivity contribution in [2.75, 3.05) is 0 Å². The fourth-order valence-electron chi connectivity index (χ4n) is 1.35. The zero-order valence-electron chi connectivity index (χ0n) is 9.40. The Kier molecular flexibility index (Phi) is 3.85. The topological polar surface area (TPSA) is 52.8 Å². The van der Waals surface area contributed by atoms with E-state index in [1.54, 1.807) is 7.05 Å². The van der Waals surface area contributed by atoms with Crippen LogP contribution in [0.5, 0.6) is 5.75 Å². The standard InChI is InChI=1S/C10H9BrF2N4O/c1-17-15-9(14-16-17)5-18-10-7(12)2-6(4-11)3-8(10)13/h2-3H,4-5H2,1H3. The lowest BCUT2D eigenvalue weighted by Crippen LogP contribution is -2.03. The molecule has 1 aromatic heterocycles. The molecular formula is C10H9BrF2N4O. The number of nitrogens with zero attached hydrogens (tertiary/aromatic N) is 4. The molecule has 0 aliphatic carbocycles. The normalized spacial score (nSPS) is 10.7. The van der Waals surface area contributed by atoms with E-state index in [0.717, 1.165) is 0 Å². The second-order valence-electron chi connectivity index (χ2n) is 3.51. The lowest BCUT2D eigenvalue weighted by atomic mass is 10.2. The predicted molar refractivity (Wildman–Crippen MR) is 62.1 cm³/mol. The van der Waals surface area contributed by atoms with Gasteiger partial charge in [-0.25, -0.2) is 8.78 Å². The number of aryl methyl sites for hydroxylation is 1. The van der Waals surface area contributed by atoms with E-state index in [4.69, 9.17) is 4.74 Å². The van der Waals surface area contributed by atoms with E-state index in [1.807, 2.05) is 0 Å². The van der Waals surface area contributed by atoms with Crippen molar-refractivity contribution in [2.45, 2.75) is 11.9 Å². The largest absolute Gasteiger partial charge is 0.479 e. The van der Waals surface area contributed by atoms with Crippen LogP contribution in [0.4, 0.5) is 8.78 Å². The van der Waals surface area contributed by atoms with Crippen molar-refractivity contribution >= 4 is 15.9 Å². The average molecular weight is 319 g/mol. The molecule has 1 heterocycles. The number of tetrazole rings is 1. The van der Waals surface area contributed by atoms with E-state index in [2.05, 4.69) is 31.3 Å². The summed E-state index contributed by atoms with van der Waals surface area (Å²) in [6, 6.07) is 2.41. The highest BCUT2D eigenvalue weighted by Gasteiger charge is 2.13. The first-order chi connectivity index (χ1) is 8.60. The first kappa shape index (κ1) is 12.9. The third kappa shape index (κ3) is 2.81. The van der Waals surface area contributed by atoms with Crippen molar-refractivity contribution in [1.29, 1.82) is 0 Å². The molecule has 2 aromatic rings. The zero-order valence-corrected chi connectivity index (χ0v) is 11.0. The molecule has 2 rings (SSSR count). The molecule has 0 spiro atoms. The van der Waals surface area contributed by atoms with Crippen LogP contribution in [0.1, 0.15) is 11.4 Å². The third-order valence-electron chi connectivity index (χ3n) is 2.11.